The third kappa shape index (κ3) is 3.41. The molecule has 0 unspecified atom stereocenters. The second-order valence-electron chi connectivity index (χ2n) is 7.98. The van der Waals surface area contributed by atoms with Crippen molar-refractivity contribution in [3.8, 4) is 11.5 Å². The topological polar surface area (TPSA) is 64.6 Å². The van der Waals surface area contributed by atoms with Gasteiger partial charge in [0.1, 0.15) is 23.9 Å². The number of benzene rings is 1. The molecule has 1 amide bonds. The third-order valence-corrected chi connectivity index (χ3v) is 6.95. The zero-order valence-corrected chi connectivity index (χ0v) is 18.3. The average Bonchev–Trinajstić information content (AvgIpc) is 3.55. The van der Waals surface area contributed by atoms with Crippen LogP contribution in [0.15, 0.2) is 18.2 Å². The number of fused-ring (bicyclic) bond motifs is 2. The lowest BCUT2D eigenvalue weighted by Crippen LogP contribution is -2.30. The number of carbonyl (C=O) groups excluding carboxylic acids is 1. The number of amides is 1. The van der Waals surface area contributed by atoms with Gasteiger partial charge in [-0.25, -0.2) is 9.97 Å². The lowest BCUT2D eigenvalue weighted by molar-refractivity contribution is 0.0756. The van der Waals surface area contributed by atoms with Crippen molar-refractivity contribution in [1.29, 1.82) is 0 Å². The Morgan fingerprint density at radius 2 is 1.93 bits per heavy atom. The van der Waals surface area contributed by atoms with E-state index in [4.69, 9.17) is 19.4 Å². The Balaban J connectivity index is 1.44. The number of rotatable bonds is 5. The second-order valence-corrected chi connectivity index (χ2v) is 8.97. The van der Waals surface area contributed by atoms with E-state index in [1.165, 1.54) is 24.2 Å². The van der Waals surface area contributed by atoms with Crippen LogP contribution in [0.3, 0.4) is 0 Å². The lowest BCUT2D eigenvalue weighted by Gasteiger charge is -2.23. The minimum atomic E-state index is 0.0419. The summed E-state index contributed by atoms with van der Waals surface area (Å²) < 4.78 is 11.3. The molecule has 5 rings (SSSR count). The molecule has 156 valence electrons. The molecule has 1 fully saturated rings. The van der Waals surface area contributed by atoms with Crippen LogP contribution in [0.25, 0.3) is 10.2 Å². The summed E-state index contributed by atoms with van der Waals surface area (Å²) in [6, 6.07) is 5.89. The summed E-state index contributed by atoms with van der Waals surface area (Å²) in [5, 5.41) is 1.03. The van der Waals surface area contributed by atoms with E-state index in [2.05, 4.69) is 0 Å². The van der Waals surface area contributed by atoms with Crippen molar-refractivity contribution in [3.05, 3.63) is 45.7 Å². The Bertz CT molecular complexity index is 1140. The molecule has 1 aliphatic heterocycles. The average molecular weight is 424 g/mol. The molecule has 0 bridgehead atoms. The first-order valence-corrected chi connectivity index (χ1v) is 11.3. The van der Waals surface area contributed by atoms with Gasteiger partial charge in [0.15, 0.2) is 11.5 Å². The zero-order chi connectivity index (χ0) is 20.8. The highest BCUT2D eigenvalue weighted by atomic mass is 32.1. The van der Waals surface area contributed by atoms with Crippen LogP contribution in [0.5, 0.6) is 11.5 Å². The van der Waals surface area contributed by atoms with Crippen molar-refractivity contribution >= 4 is 27.5 Å². The molecule has 6 nitrogen and oxygen atoms in total. The minimum Gasteiger partial charge on any atom is -0.486 e. The molecule has 1 aromatic carbocycles. The molecular formula is C23H25N3O3S. The third-order valence-electron chi connectivity index (χ3n) is 5.77. The molecule has 1 aliphatic carbocycles. The molecule has 7 heteroatoms. The van der Waals surface area contributed by atoms with Gasteiger partial charge in [-0.3, -0.25) is 4.79 Å². The van der Waals surface area contributed by atoms with Crippen LogP contribution in [0, 0.1) is 13.8 Å². The predicted molar refractivity (Wildman–Crippen MR) is 117 cm³/mol. The van der Waals surface area contributed by atoms with Crippen molar-refractivity contribution in [3.63, 3.8) is 0 Å². The van der Waals surface area contributed by atoms with Crippen molar-refractivity contribution in [2.24, 2.45) is 0 Å². The van der Waals surface area contributed by atoms with Gasteiger partial charge in [0.25, 0.3) is 5.91 Å². The maximum Gasteiger partial charge on any atom is 0.264 e. The molecule has 3 aromatic rings. The summed E-state index contributed by atoms with van der Waals surface area (Å²) in [7, 11) is 0. The first-order valence-electron chi connectivity index (χ1n) is 10.5. The number of hydrogen-bond donors (Lipinski definition) is 0. The van der Waals surface area contributed by atoms with Crippen LogP contribution >= 0.6 is 11.3 Å². The molecule has 3 heterocycles. The smallest absolute Gasteiger partial charge is 0.264 e. The fraction of sp³-hybridized carbons (Fsp3) is 0.435. The van der Waals surface area contributed by atoms with Crippen LogP contribution in [-0.4, -0.2) is 40.5 Å². The standard InChI is InChI=1S/C23H25N3O3S/c1-4-26(12-15-5-8-17-18(11-15)29-10-9-28-17)23(27)20-13(2)19-14(3)24-21(16-6-7-16)25-22(19)30-20/h5,8,11,16H,4,6-7,9-10,12H2,1-3H3. The monoisotopic (exact) mass is 423 g/mol. The molecular weight excluding hydrogens is 398 g/mol. The number of nitrogens with zero attached hydrogens (tertiary/aromatic N) is 3. The van der Waals surface area contributed by atoms with E-state index in [0.29, 0.717) is 32.2 Å². The van der Waals surface area contributed by atoms with E-state index in [-0.39, 0.29) is 5.91 Å². The molecule has 0 spiro atoms. The molecule has 0 N–H and O–H groups in total. The van der Waals surface area contributed by atoms with Crippen molar-refractivity contribution < 1.29 is 14.3 Å². The maximum atomic E-state index is 13.4. The fourth-order valence-corrected chi connectivity index (χ4v) is 5.17. The van der Waals surface area contributed by atoms with Crippen molar-refractivity contribution in [2.45, 2.75) is 46.1 Å². The van der Waals surface area contributed by atoms with Crippen LogP contribution in [0.2, 0.25) is 0 Å². The van der Waals surface area contributed by atoms with E-state index in [1.807, 2.05) is 43.9 Å². The Kier molecular flexibility index (Phi) is 4.85. The Morgan fingerprint density at radius 3 is 2.67 bits per heavy atom. The molecule has 0 atom stereocenters. The van der Waals surface area contributed by atoms with Gasteiger partial charge in [0.05, 0.1) is 10.6 Å². The SMILES string of the molecule is CCN(Cc1ccc2c(c1)OCCO2)C(=O)c1sc2nc(C3CC3)nc(C)c2c1C. The van der Waals surface area contributed by atoms with Gasteiger partial charge in [-0.15, -0.1) is 11.3 Å². The quantitative estimate of drug-likeness (QED) is 0.599. The maximum absolute atomic E-state index is 13.4. The first kappa shape index (κ1) is 19.3. The van der Waals surface area contributed by atoms with E-state index < -0.39 is 0 Å². The fourth-order valence-electron chi connectivity index (χ4n) is 3.97. The Labute approximate surface area is 179 Å². The van der Waals surface area contributed by atoms with Crippen molar-refractivity contribution in [1.82, 2.24) is 14.9 Å². The molecule has 2 aliphatic rings. The summed E-state index contributed by atoms with van der Waals surface area (Å²) in [6.07, 6.45) is 2.33. The lowest BCUT2D eigenvalue weighted by atomic mass is 10.1. The number of aromatic nitrogens is 2. The van der Waals surface area contributed by atoms with Crippen LogP contribution in [0.4, 0.5) is 0 Å². The second kappa shape index (κ2) is 7.54. The van der Waals surface area contributed by atoms with Gasteiger partial charge < -0.3 is 14.4 Å². The first-order chi connectivity index (χ1) is 14.5. The van der Waals surface area contributed by atoms with Gasteiger partial charge in [-0.1, -0.05) is 6.07 Å². The molecule has 0 saturated heterocycles. The minimum absolute atomic E-state index is 0.0419. The summed E-state index contributed by atoms with van der Waals surface area (Å²) in [4.78, 5) is 26.5. The van der Waals surface area contributed by atoms with E-state index in [1.54, 1.807) is 0 Å². The van der Waals surface area contributed by atoms with E-state index in [9.17, 15) is 4.79 Å². The van der Waals surface area contributed by atoms with Crippen LogP contribution < -0.4 is 9.47 Å². The summed E-state index contributed by atoms with van der Waals surface area (Å²) in [6.45, 7) is 8.32. The largest absolute Gasteiger partial charge is 0.486 e. The summed E-state index contributed by atoms with van der Waals surface area (Å²) in [5.41, 5.74) is 2.99. The number of ether oxygens (including phenoxy) is 2. The highest BCUT2D eigenvalue weighted by molar-refractivity contribution is 7.20. The van der Waals surface area contributed by atoms with Gasteiger partial charge in [-0.2, -0.15) is 0 Å². The van der Waals surface area contributed by atoms with Gasteiger partial charge in [0.2, 0.25) is 0 Å². The molecule has 1 saturated carbocycles. The number of aryl methyl sites for hydroxylation is 2. The summed E-state index contributed by atoms with van der Waals surface area (Å²) in [5.74, 6) is 2.99. The van der Waals surface area contributed by atoms with Gasteiger partial charge in [-0.05, 0) is 56.9 Å². The van der Waals surface area contributed by atoms with Gasteiger partial charge >= 0.3 is 0 Å². The number of thiophene rings is 1. The highest BCUT2D eigenvalue weighted by Crippen LogP contribution is 2.40. The summed E-state index contributed by atoms with van der Waals surface area (Å²) >= 11 is 1.50. The highest BCUT2D eigenvalue weighted by Gasteiger charge is 2.29. The molecule has 30 heavy (non-hydrogen) atoms. The number of hydrogen-bond acceptors (Lipinski definition) is 6. The van der Waals surface area contributed by atoms with E-state index >= 15 is 0 Å². The molecule has 2 aromatic heterocycles. The Morgan fingerprint density at radius 1 is 1.17 bits per heavy atom. The van der Waals surface area contributed by atoms with E-state index in [0.717, 1.165) is 49.2 Å². The van der Waals surface area contributed by atoms with Gasteiger partial charge in [0, 0.05) is 24.4 Å². The normalized spacial score (nSPS) is 15.4. The predicted octanol–water partition coefficient (Wildman–Crippen LogP) is 4.62. The Hall–Kier alpha value is -2.67. The zero-order valence-electron chi connectivity index (χ0n) is 17.5. The number of carbonyl (C=O) groups is 1. The van der Waals surface area contributed by atoms with Crippen LogP contribution in [-0.2, 0) is 6.54 Å². The van der Waals surface area contributed by atoms with Crippen molar-refractivity contribution in [2.75, 3.05) is 19.8 Å². The van der Waals surface area contributed by atoms with Crippen LogP contribution in [0.1, 0.15) is 58.0 Å². The molecule has 0 radical (unpaired) electrons.